The molecule has 1 atom stereocenters. The first-order chi connectivity index (χ1) is 8.30. The van der Waals surface area contributed by atoms with Crippen molar-refractivity contribution in [3.63, 3.8) is 0 Å². The van der Waals surface area contributed by atoms with Gasteiger partial charge in [-0.15, -0.1) is 0 Å². The molecule has 0 amide bonds. The maximum Gasteiger partial charge on any atom is 0.0205 e. The fourth-order valence-corrected chi connectivity index (χ4v) is 1.96. The van der Waals surface area contributed by atoms with Gasteiger partial charge in [-0.2, -0.15) is 0 Å². The average molecular weight is 234 g/mol. The van der Waals surface area contributed by atoms with E-state index >= 15 is 0 Å². The summed E-state index contributed by atoms with van der Waals surface area (Å²) in [5, 5.41) is 6.78. The highest BCUT2D eigenvalue weighted by atomic mass is 14.9. The lowest BCUT2D eigenvalue weighted by Gasteiger charge is -2.15. The Kier molecular flexibility index (Phi) is 6.90. The number of aryl methyl sites for hydroxylation is 1. The van der Waals surface area contributed by atoms with Gasteiger partial charge >= 0.3 is 0 Å². The van der Waals surface area contributed by atoms with Crippen LogP contribution in [-0.4, -0.2) is 20.1 Å². The van der Waals surface area contributed by atoms with Crippen LogP contribution in [0.2, 0.25) is 0 Å². The van der Waals surface area contributed by atoms with Crippen LogP contribution in [0.5, 0.6) is 0 Å². The van der Waals surface area contributed by atoms with E-state index in [4.69, 9.17) is 0 Å². The third kappa shape index (κ3) is 5.33. The Morgan fingerprint density at radius 3 is 2.18 bits per heavy atom. The van der Waals surface area contributed by atoms with Crippen LogP contribution >= 0.6 is 0 Å². The summed E-state index contributed by atoms with van der Waals surface area (Å²) in [4.78, 5) is 0. The molecule has 0 aliphatic rings. The topological polar surface area (TPSA) is 24.1 Å². The number of rotatable bonds is 8. The summed E-state index contributed by atoms with van der Waals surface area (Å²) in [7, 11) is 2.02. The van der Waals surface area contributed by atoms with E-state index in [1.54, 1.807) is 0 Å². The third-order valence-corrected chi connectivity index (χ3v) is 3.26. The predicted octanol–water partition coefficient (Wildman–Crippen LogP) is 2.58. The van der Waals surface area contributed by atoms with Gasteiger partial charge in [-0.3, -0.25) is 0 Å². The molecule has 96 valence electrons. The summed E-state index contributed by atoms with van der Waals surface area (Å²) in [6.07, 6.45) is 2.34. The highest BCUT2D eigenvalue weighted by molar-refractivity contribution is 5.22. The van der Waals surface area contributed by atoms with Gasteiger partial charge in [-0.05, 0) is 43.6 Å². The van der Waals surface area contributed by atoms with E-state index in [-0.39, 0.29) is 0 Å². The minimum Gasteiger partial charge on any atom is -0.319 e. The van der Waals surface area contributed by atoms with Crippen molar-refractivity contribution >= 4 is 0 Å². The van der Waals surface area contributed by atoms with Crippen LogP contribution < -0.4 is 10.6 Å². The predicted molar refractivity (Wildman–Crippen MR) is 75.2 cm³/mol. The molecule has 17 heavy (non-hydrogen) atoms. The minimum absolute atomic E-state index is 0.731. The maximum atomic E-state index is 3.53. The van der Waals surface area contributed by atoms with Gasteiger partial charge in [0.2, 0.25) is 0 Å². The Bertz CT molecular complexity index is 292. The fraction of sp³-hybridized carbons (Fsp3) is 0.600. The Labute approximate surface area is 106 Å². The van der Waals surface area contributed by atoms with Gasteiger partial charge in [0.05, 0.1) is 0 Å². The Hall–Kier alpha value is -0.860. The smallest absolute Gasteiger partial charge is 0.0205 e. The Morgan fingerprint density at radius 1 is 1.00 bits per heavy atom. The lowest BCUT2D eigenvalue weighted by atomic mass is 10.1. The Morgan fingerprint density at radius 2 is 1.65 bits per heavy atom. The summed E-state index contributed by atoms with van der Waals surface area (Å²) in [6.45, 7) is 7.60. The summed E-state index contributed by atoms with van der Waals surface area (Å²) >= 11 is 0. The highest BCUT2D eigenvalue weighted by Gasteiger charge is 2.03. The van der Waals surface area contributed by atoms with Crippen LogP contribution in [0.4, 0.5) is 0 Å². The molecule has 0 saturated carbocycles. The maximum absolute atomic E-state index is 3.53. The van der Waals surface area contributed by atoms with E-state index in [9.17, 15) is 0 Å². The van der Waals surface area contributed by atoms with E-state index in [1.807, 2.05) is 7.05 Å². The van der Waals surface area contributed by atoms with Crippen LogP contribution in [0.1, 0.15) is 31.4 Å². The zero-order chi connectivity index (χ0) is 12.5. The van der Waals surface area contributed by atoms with E-state index in [0.717, 1.165) is 32.0 Å². The molecule has 0 aliphatic carbocycles. The lowest BCUT2D eigenvalue weighted by molar-refractivity contribution is 0.445. The number of benzene rings is 1. The van der Waals surface area contributed by atoms with Crippen LogP contribution in [0.25, 0.3) is 0 Å². The normalized spacial score (nSPS) is 12.6. The summed E-state index contributed by atoms with van der Waals surface area (Å²) < 4.78 is 0. The van der Waals surface area contributed by atoms with Gasteiger partial charge in [0, 0.05) is 6.54 Å². The molecule has 1 aromatic rings. The van der Waals surface area contributed by atoms with Crippen molar-refractivity contribution in [2.24, 2.45) is 5.92 Å². The largest absolute Gasteiger partial charge is 0.319 e. The zero-order valence-corrected chi connectivity index (χ0v) is 11.4. The molecular formula is C15H26N2. The molecule has 0 bridgehead atoms. The molecule has 0 aromatic heterocycles. The van der Waals surface area contributed by atoms with Crippen molar-refractivity contribution in [1.29, 1.82) is 0 Å². The molecule has 0 saturated heterocycles. The van der Waals surface area contributed by atoms with Crippen molar-refractivity contribution in [3.05, 3.63) is 35.4 Å². The molecule has 0 radical (unpaired) electrons. The number of nitrogens with one attached hydrogen (secondary N) is 2. The second-order valence-corrected chi connectivity index (χ2v) is 4.63. The molecule has 0 aliphatic heterocycles. The van der Waals surface area contributed by atoms with Gasteiger partial charge in [0.1, 0.15) is 0 Å². The molecule has 0 spiro atoms. The van der Waals surface area contributed by atoms with Crippen molar-refractivity contribution in [2.45, 2.75) is 33.2 Å². The highest BCUT2D eigenvalue weighted by Crippen LogP contribution is 2.05. The molecule has 1 unspecified atom stereocenters. The SMILES string of the molecule is CCc1ccc(CNCC(CC)CNC)cc1. The van der Waals surface area contributed by atoms with Gasteiger partial charge < -0.3 is 10.6 Å². The number of hydrogen-bond acceptors (Lipinski definition) is 2. The zero-order valence-electron chi connectivity index (χ0n) is 11.4. The molecule has 2 nitrogen and oxygen atoms in total. The average Bonchev–Trinajstić information content (AvgIpc) is 2.38. The first kappa shape index (κ1) is 14.2. The van der Waals surface area contributed by atoms with Crippen molar-refractivity contribution in [3.8, 4) is 0 Å². The van der Waals surface area contributed by atoms with Gasteiger partial charge in [-0.25, -0.2) is 0 Å². The fourth-order valence-electron chi connectivity index (χ4n) is 1.96. The number of hydrogen-bond donors (Lipinski definition) is 2. The summed E-state index contributed by atoms with van der Waals surface area (Å²) in [5.74, 6) is 0.731. The Balaban J connectivity index is 2.29. The molecule has 0 heterocycles. The molecule has 2 N–H and O–H groups in total. The lowest BCUT2D eigenvalue weighted by Crippen LogP contribution is -2.29. The van der Waals surface area contributed by atoms with Gasteiger partial charge in [-0.1, -0.05) is 44.5 Å². The molecule has 0 fully saturated rings. The monoisotopic (exact) mass is 234 g/mol. The second-order valence-electron chi connectivity index (χ2n) is 4.63. The van der Waals surface area contributed by atoms with Crippen LogP contribution in [0.15, 0.2) is 24.3 Å². The van der Waals surface area contributed by atoms with E-state index in [2.05, 4.69) is 48.7 Å². The quantitative estimate of drug-likeness (QED) is 0.722. The van der Waals surface area contributed by atoms with E-state index < -0.39 is 0 Å². The first-order valence-corrected chi connectivity index (χ1v) is 6.73. The molecule has 2 heteroatoms. The van der Waals surface area contributed by atoms with E-state index in [0.29, 0.717) is 0 Å². The van der Waals surface area contributed by atoms with Crippen LogP contribution in [0.3, 0.4) is 0 Å². The standard InChI is InChI=1S/C15H26N2/c1-4-13-6-8-15(9-7-13)12-17-11-14(5-2)10-16-3/h6-9,14,16-17H,4-5,10-12H2,1-3H3. The second kappa shape index (κ2) is 8.26. The molecule has 1 rings (SSSR count). The van der Waals surface area contributed by atoms with Gasteiger partial charge in [0.15, 0.2) is 0 Å². The van der Waals surface area contributed by atoms with Crippen LogP contribution in [-0.2, 0) is 13.0 Å². The summed E-state index contributed by atoms with van der Waals surface area (Å²) in [6, 6.07) is 8.90. The molecule has 1 aromatic carbocycles. The van der Waals surface area contributed by atoms with Crippen LogP contribution in [0, 0.1) is 5.92 Å². The first-order valence-electron chi connectivity index (χ1n) is 6.73. The minimum atomic E-state index is 0.731. The van der Waals surface area contributed by atoms with Gasteiger partial charge in [0.25, 0.3) is 0 Å². The van der Waals surface area contributed by atoms with Crippen molar-refractivity contribution < 1.29 is 0 Å². The van der Waals surface area contributed by atoms with Crippen molar-refractivity contribution in [1.82, 2.24) is 10.6 Å². The van der Waals surface area contributed by atoms with Crippen molar-refractivity contribution in [2.75, 3.05) is 20.1 Å². The molecular weight excluding hydrogens is 208 g/mol. The third-order valence-electron chi connectivity index (χ3n) is 3.26. The summed E-state index contributed by atoms with van der Waals surface area (Å²) in [5.41, 5.74) is 2.79. The van der Waals surface area contributed by atoms with E-state index in [1.165, 1.54) is 17.5 Å².